The van der Waals surface area contributed by atoms with Crippen LogP contribution in [-0.2, 0) is 7.05 Å². The van der Waals surface area contributed by atoms with Gasteiger partial charge in [-0.3, -0.25) is 4.68 Å². The van der Waals surface area contributed by atoms with Gasteiger partial charge in [-0.15, -0.1) is 0 Å². The normalized spacial score (nSPS) is 27.3. The first kappa shape index (κ1) is 10.5. The Morgan fingerprint density at radius 2 is 2.20 bits per heavy atom. The smallest absolute Gasteiger partial charge is 0.157 e. The molecule has 1 aliphatic carbocycles. The Morgan fingerprint density at radius 3 is 2.93 bits per heavy atom. The summed E-state index contributed by atoms with van der Waals surface area (Å²) in [5.74, 6) is 0.753. The molecule has 0 saturated heterocycles. The van der Waals surface area contributed by atoms with E-state index < -0.39 is 0 Å². The maximum absolute atomic E-state index is 9.86. The summed E-state index contributed by atoms with van der Waals surface area (Å²) in [5, 5.41) is 13.9. The predicted molar refractivity (Wildman–Crippen MR) is 56.7 cm³/mol. The van der Waals surface area contributed by atoms with E-state index in [0.29, 0.717) is 0 Å². The summed E-state index contributed by atoms with van der Waals surface area (Å²) >= 11 is 0. The molecule has 1 N–H and O–H groups in total. The SMILES string of the molecule is Cn1cc(O[C@@H]2CCCCC[C@H]2O)cn1. The van der Waals surface area contributed by atoms with Crippen molar-refractivity contribution in [2.75, 3.05) is 0 Å². The van der Waals surface area contributed by atoms with Crippen molar-refractivity contribution in [1.82, 2.24) is 9.78 Å². The van der Waals surface area contributed by atoms with Crippen molar-refractivity contribution in [1.29, 1.82) is 0 Å². The lowest BCUT2D eigenvalue weighted by Gasteiger charge is -2.20. The number of nitrogens with zero attached hydrogens (tertiary/aromatic N) is 2. The molecule has 2 rings (SSSR count). The number of aliphatic hydroxyl groups is 1. The Bertz CT molecular complexity index is 311. The van der Waals surface area contributed by atoms with Gasteiger partial charge in [-0.25, -0.2) is 0 Å². The molecule has 1 saturated carbocycles. The number of ether oxygens (including phenoxy) is 1. The van der Waals surface area contributed by atoms with E-state index in [1.807, 2.05) is 13.2 Å². The molecule has 1 fully saturated rings. The molecule has 0 aliphatic heterocycles. The number of aliphatic hydroxyl groups excluding tert-OH is 1. The van der Waals surface area contributed by atoms with Crippen LogP contribution < -0.4 is 4.74 Å². The molecule has 84 valence electrons. The third-order valence-corrected chi connectivity index (χ3v) is 2.89. The maximum atomic E-state index is 9.86. The molecule has 2 atom stereocenters. The molecule has 4 nitrogen and oxygen atoms in total. The fourth-order valence-corrected chi connectivity index (χ4v) is 2.03. The highest BCUT2D eigenvalue weighted by atomic mass is 16.5. The average molecular weight is 210 g/mol. The Labute approximate surface area is 89.9 Å². The van der Waals surface area contributed by atoms with Gasteiger partial charge < -0.3 is 9.84 Å². The molecular weight excluding hydrogens is 192 g/mol. The summed E-state index contributed by atoms with van der Waals surface area (Å²) in [7, 11) is 1.86. The minimum atomic E-state index is -0.326. The molecule has 0 unspecified atom stereocenters. The number of rotatable bonds is 2. The molecule has 1 aliphatic rings. The van der Waals surface area contributed by atoms with Crippen LogP contribution in [0, 0.1) is 0 Å². The minimum Gasteiger partial charge on any atom is -0.484 e. The second-order valence-electron chi connectivity index (χ2n) is 4.21. The van der Waals surface area contributed by atoms with Gasteiger partial charge in [-0.1, -0.05) is 12.8 Å². The summed E-state index contributed by atoms with van der Waals surface area (Å²) in [6, 6.07) is 0. The minimum absolute atomic E-state index is 0.0586. The van der Waals surface area contributed by atoms with Crippen molar-refractivity contribution in [2.24, 2.45) is 7.05 Å². The third-order valence-electron chi connectivity index (χ3n) is 2.89. The van der Waals surface area contributed by atoms with Gasteiger partial charge in [0, 0.05) is 7.05 Å². The maximum Gasteiger partial charge on any atom is 0.157 e. The summed E-state index contributed by atoms with van der Waals surface area (Å²) in [6.45, 7) is 0. The fraction of sp³-hybridized carbons (Fsp3) is 0.727. The van der Waals surface area contributed by atoms with Crippen molar-refractivity contribution in [3.05, 3.63) is 12.4 Å². The highest BCUT2D eigenvalue weighted by Gasteiger charge is 2.23. The second kappa shape index (κ2) is 4.66. The van der Waals surface area contributed by atoms with Crippen LogP contribution in [0.3, 0.4) is 0 Å². The van der Waals surface area contributed by atoms with E-state index >= 15 is 0 Å². The molecule has 0 radical (unpaired) electrons. The molecule has 0 spiro atoms. The van der Waals surface area contributed by atoms with Crippen molar-refractivity contribution in [3.63, 3.8) is 0 Å². The first-order valence-corrected chi connectivity index (χ1v) is 5.59. The van der Waals surface area contributed by atoms with Crippen LogP contribution >= 0.6 is 0 Å². The Morgan fingerprint density at radius 1 is 1.40 bits per heavy atom. The average Bonchev–Trinajstić information content (AvgIpc) is 2.50. The van der Waals surface area contributed by atoms with Crippen molar-refractivity contribution in [2.45, 2.75) is 44.3 Å². The van der Waals surface area contributed by atoms with Crippen molar-refractivity contribution >= 4 is 0 Å². The highest BCUT2D eigenvalue weighted by Crippen LogP contribution is 2.22. The van der Waals surface area contributed by atoms with E-state index in [2.05, 4.69) is 5.10 Å². The predicted octanol–water partition coefficient (Wildman–Crippen LogP) is 1.49. The Hall–Kier alpha value is -1.03. The van der Waals surface area contributed by atoms with E-state index in [1.54, 1.807) is 10.9 Å². The summed E-state index contributed by atoms with van der Waals surface area (Å²) in [6.07, 6.45) is 8.38. The Kier molecular flexibility index (Phi) is 3.26. The molecule has 4 heteroatoms. The van der Waals surface area contributed by atoms with Crippen molar-refractivity contribution < 1.29 is 9.84 Å². The summed E-state index contributed by atoms with van der Waals surface area (Å²) in [4.78, 5) is 0. The van der Waals surface area contributed by atoms with Gasteiger partial charge in [0.1, 0.15) is 6.10 Å². The van der Waals surface area contributed by atoms with Gasteiger partial charge in [0.05, 0.1) is 18.5 Å². The standard InChI is InChI=1S/C11H18N2O2/c1-13-8-9(7-12-13)15-11-6-4-2-3-5-10(11)14/h7-8,10-11,14H,2-6H2,1H3/t10-,11-/m1/s1. The van der Waals surface area contributed by atoms with Gasteiger partial charge in [-0.05, 0) is 19.3 Å². The molecule has 0 bridgehead atoms. The molecule has 1 heterocycles. The highest BCUT2D eigenvalue weighted by molar-refractivity contribution is 5.12. The summed E-state index contributed by atoms with van der Waals surface area (Å²) < 4.78 is 7.44. The molecule has 15 heavy (non-hydrogen) atoms. The quantitative estimate of drug-likeness (QED) is 0.752. The van der Waals surface area contributed by atoms with Crippen molar-refractivity contribution in [3.8, 4) is 5.75 Å². The molecular formula is C11H18N2O2. The largest absolute Gasteiger partial charge is 0.484 e. The lowest BCUT2D eigenvalue weighted by molar-refractivity contribution is 0.0319. The van der Waals surface area contributed by atoms with E-state index in [-0.39, 0.29) is 12.2 Å². The van der Waals surface area contributed by atoms with E-state index in [0.717, 1.165) is 31.4 Å². The number of hydrogen-bond donors (Lipinski definition) is 1. The van der Waals surface area contributed by atoms with Crippen LogP contribution in [0.1, 0.15) is 32.1 Å². The zero-order chi connectivity index (χ0) is 10.7. The Balaban J connectivity index is 1.97. The van der Waals surface area contributed by atoms with Gasteiger partial charge in [0.25, 0.3) is 0 Å². The van der Waals surface area contributed by atoms with Gasteiger partial charge in [0.2, 0.25) is 0 Å². The zero-order valence-corrected chi connectivity index (χ0v) is 9.09. The number of aryl methyl sites for hydroxylation is 1. The van der Waals surface area contributed by atoms with Gasteiger partial charge in [0.15, 0.2) is 5.75 Å². The first-order valence-electron chi connectivity index (χ1n) is 5.59. The molecule has 1 aromatic heterocycles. The van der Waals surface area contributed by atoms with Crippen LogP contribution in [0.2, 0.25) is 0 Å². The number of aromatic nitrogens is 2. The molecule has 1 aromatic rings. The monoisotopic (exact) mass is 210 g/mol. The van der Waals surface area contributed by atoms with Gasteiger partial charge >= 0.3 is 0 Å². The fourth-order valence-electron chi connectivity index (χ4n) is 2.03. The third kappa shape index (κ3) is 2.72. The van der Waals surface area contributed by atoms with Crippen LogP contribution in [0.15, 0.2) is 12.4 Å². The van der Waals surface area contributed by atoms with E-state index in [9.17, 15) is 5.11 Å². The van der Waals surface area contributed by atoms with E-state index in [1.165, 1.54) is 6.42 Å². The summed E-state index contributed by atoms with van der Waals surface area (Å²) in [5.41, 5.74) is 0. The lowest BCUT2D eigenvalue weighted by Crippen LogP contribution is -2.30. The first-order chi connectivity index (χ1) is 7.25. The molecule has 0 aromatic carbocycles. The van der Waals surface area contributed by atoms with Gasteiger partial charge in [-0.2, -0.15) is 5.10 Å². The second-order valence-corrected chi connectivity index (χ2v) is 4.21. The van der Waals surface area contributed by atoms with Crippen LogP contribution in [0.25, 0.3) is 0 Å². The van der Waals surface area contributed by atoms with Crippen LogP contribution in [0.5, 0.6) is 5.75 Å². The molecule has 0 amide bonds. The van der Waals surface area contributed by atoms with Crippen LogP contribution in [-0.4, -0.2) is 27.1 Å². The number of hydrogen-bond acceptors (Lipinski definition) is 3. The topological polar surface area (TPSA) is 47.3 Å². The van der Waals surface area contributed by atoms with Crippen LogP contribution in [0.4, 0.5) is 0 Å². The lowest BCUT2D eigenvalue weighted by atomic mass is 10.1. The zero-order valence-electron chi connectivity index (χ0n) is 9.09. The van der Waals surface area contributed by atoms with E-state index in [4.69, 9.17) is 4.74 Å².